The van der Waals surface area contributed by atoms with Crippen LogP contribution in [0.15, 0.2) is 24.4 Å². The average molecular weight is 249 g/mol. The highest BCUT2D eigenvalue weighted by atomic mass is 16.4. The number of hydrogen-bond donors (Lipinski definition) is 1. The molecular formula is C13H17N2O3-. The van der Waals surface area contributed by atoms with E-state index >= 15 is 0 Å². The van der Waals surface area contributed by atoms with E-state index < -0.39 is 11.9 Å². The molecule has 18 heavy (non-hydrogen) atoms. The zero-order valence-corrected chi connectivity index (χ0v) is 10.6. The molecule has 1 rings (SSSR count). The standard InChI is InChI=1S/C13H18N2O3/c1-9(2)10(13(17)18)6-7-12(16)15-11-5-3-4-8-14-11/h3-5,8-10H,6-7H2,1-2H3,(H,17,18)(H,14,15,16)/p-1/t10-/m1/s1. The molecule has 0 aliphatic heterocycles. The first kappa shape index (κ1) is 14.2. The molecule has 1 heterocycles. The van der Waals surface area contributed by atoms with E-state index in [4.69, 9.17) is 0 Å². The van der Waals surface area contributed by atoms with Gasteiger partial charge in [0.1, 0.15) is 5.82 Å². The van der Waals surface area contributed by atoms with Crippen molar-refractivity contribution in [2.24, 2.45) is 11.8 Å². The maximum Gasteiger partial charge on any atom is 0.225 e. The highest BCUT2D eigenvalue weighted by Crippen LogP contribution is 2.16. The molecular weight excluding hydrogens is 232 g/mol. The Kier molecular flexibility index (Phi) is 5.30. The van der Waals surface area contributed by atoms with Crippen molar-refractivity contribution < 1.29 is 14.7 Å². The monoisotopic (exact) mass is 249 g/mol. The van der Waals surface area contributed by atoms with E-state index in [9.17, 15) is 14.7 Å². The first-order valence-corrected chi connectivity index (χ1v) is 5.92. The largest absolute Gasteiger partial charge is 0.550 e. The fourth-order valence-electron chi connectivity index (χ4n) is 1.65. The number of nitrogens with zero attached hydrogens (tertiary/aromatic N) is 1. The summed E-state index contributed by atoms with van der Waals surface area (Å²) in [5.41, 5.74) is 0. The third-order valence-electron chi connectivity index (χ3n) is 2.72. The zero-order chi connectivity index (χ0) is 13.5. The quantitative estimate of drug-likeness (QED) is 0.809. The SMILES string of the molecule is CC(C)[C@@H](CCC(=O)Nc1ccccn1)C(=O)[O-]. The molecule has 1 N–H and O–H groups in total. The number of anilines is 1. The third-order valence-corrected chi connectivity index (χ3v) is 2.72. The summed E-state index contributed by atoms with van der Waals surface area (Å²) in [5, 5.41) is 13.5. The smallest absolute Gasteiger partial charge is 0.225 e. The second kappa shape index (κ2) is 6.74. The third kappa shape index (κ3) is 4.53. The lowest BCUT2D eigenvalue weighted by atomic mass is 9.91. The van der Waals surface area contributed by atoms with Crippen molar-refractivity contribution in [1.29, 1.82) is 0 Å². The van der Waals surface area contributed by atoms with Gasteiger partial charge in [0.2, 0.25) is 5.91 Å². The van der Waals surface area contributed by atoms with Gasteiger partial charge in [-0.15, -0.1) is 0 Å². The van der Waals surface area contributed by atoms with Gasteiger partial charge in [0.15, 0.2) is 0 Å². The first-order valence-electron chi connectivity index (χ1n) is 5.92. The lowest BCUT2D eigenvalue weighted by molar-refractivity contribution is -0.313. The number of carboxylic acid groups (broad SMARTS) is 1. The van der Waals surface area contributed by atoms with Gasteiger partial charge < -0.3 is 15.2 Å². The van der Waals surface area contributed by atoms with Crippen molar-refractivity contribution in [3.63, 3.8) is 0 Å². The topological polar surface area (TPSA) is 82.1 Å². The van der Waals surface area contributed by atoms with Gasteiger partial charge in [-0.2, -0.15) is 0 Å². The van der Waals surface area contributed by atoms with Gasteiger partial charge >= 0.3 is 0 Å². The number of carbonyl (C=O) groups excluding carboxylic acids is 2. The Bertz CT molecular complexity index is 404. The number of nitrogens with one attached hydrogen (secondary N) is 1. The van der Waals surface area contributed by atoms with Crippen LogP contribution in [0.2, 0.25) is 0 Å². The van der Waals surface area contributed by atoms with Crippen molar-refractivity contribution >= 4 is 17.7 Å². The van der Waals surface area contributed by atoms with Crippen LogP contribution in [-0.2, 0) is 9.59 Å². The van der Waals surface area contributed by atoms with E-state index in [0.717, 1.165) is 0 Å². The lowest BCUT2D eigenvalue weighted by Gasteiger charge is -2.21. The summed E-state index contributed by atoms with van der Waals surface area (Å²) >= 11 is 0. The number of aliphatic carboxylic acids is 1. The molecule has 0 spiro atoms. The molecule has 0 bridgehead atoms. The zero-order valence-electron chi connectivity index (χ0n) is 10.6. The van der Waals surface area contributed by atoms with Crippen LogP contribution in [0.4, 0.5) is 5.82 Å². The molecule has 1 amide bonds. The number of aromatic nitrogens is 1. The van der Waals surface area contributed by atoms with Gasteiger partial charge in [0, 0.05) is 24.5 Å². The molecule has 0 radical (unpaired) electrons. The van der Waals surface area contributed by atoms with Crippen LogP contribution in [-0.4, -0.2) is 16.9 Å². The Morgan fingerprint density at radius 3 is 2.61 bits per heavy atom. The van der Waals surface area contributed by atoms with Gasteiger partial charge in [0.05, 0.1) is 0 Å². The van der Waals surface area contributed by atoms with Crippen molar-refractivity contribution in [3.8, 4) is 0 Å². The number of hydrogen-bond acceptors (Lipinski definition) is 4. The predicted octanol–water partition coefficient (Wildman–Crippen LogP) is 0.822. The van der Waals surface area contributed by atoms with Crippen LogP contribution < -0.4 is 10.4 Å². The molecule has 0 saturated heterocycles. The normalized spacial score (nSPS) is 12.2. The molecule has 0 saturated carbocycles. The summed E-state index contributed by atoms with van der Waals surface area (Å²) in [5.74, 6) is -1.51. The van der Waals surface area contributed by atoms with Crippen molar-refractivity contribution in [2.45, 2.75) is 26.7 Å². The van der Waals surface area contributed by atoms with E-state index in [1.54, 1.807) is 38.2 Å². The Morgan fingerprint density at radius 1 is 1.39 bits per heavy atom. The van der Waals surface area contributed by atoms with Gasteiger partial charge in [0.25, 0.3) is 0 Å². The van der Waals surface area contributed by atoms with Crippen LogP contribution in [0.25, 0.3) is 0 Å². The van der Waals surface area contributed by atoms with Gasteiger partial charge in [-0.05, 0) is 24.5 Å². The second-order valence-corrected chi connectivity index (χ2v) is 4.47. The number of amides is 1. The first-order chi connectivity index (χ1) is 8.50. The van der Waals surface area contributed by atoms with Crippen LogP contribution >= 0.6 is 0 Å². The molecule has 1 aromatic rings. The number of pyridine rings is 1. The molecule has 0 unspecified atom stereocenters. The maximum absolute atomic E-state index is 11.6. The number of carbonyl (C=O) groups is 2. The minimum atomic E-state index is -1.10. The Hall–Kier alpha value is -1.91. The van der Waals surface area contributed by atoms with E-state index in [2.05, 4.69) is 10.3 Å². The van der Waals surface area contributed by atoms with Crippen LogP contribution in [0.5, 0.6) is 0 Å². The fourth-order valence-corrected chi connectivity index (χ4v) is 1.65. The Morgan fingerprint density at radius 2 is 2.11 bits per heavy atom. The molecule has 0 fully saturated rings. The molecule has 1 atom stereocenters. The Balaban J connectivity index is 2.44. The average Bonchev–Trinajstić information content (AvgIpc) is 2.29. The predicted molar refractivity (Wildman–Crippen MR) is 65.4 cm³/mol. The molecule has 0 aliphatic carbocycles. The molecule has 1 aromatic heterocycles. The van der Waals surface area contributed by atoms with Crippen molar-refractivity contribution in [1.82, 2.24) is 4.98 Å². The van der Waals surface area contributed by atoms with Crippen molar-refractivity contribution in [3.05, 3.63) is 24.4 Å². The van der Waals surface area contributed by atoms with Gasteiger partial charge in [-0.25, -0.2) is 4.98 Å². The molecule has 5 heteroatoms. The summed E-state index contributed by atoms with van der Waals surface area (Å²) < 4.78 is 0. The summed E-state index contributed by atoms with van der Waals surface area (Å²) in [6.45, 7) is 3.61. The second-order valence-electron chi connectivity index (χ2n) is 4.47. The molecule has 98 valence electrons. The summed E-state index contributed by atoms with van der Waals surface area (Å²) in [6, 6.07) is 5.19. The molecule has 0 aromatic carbocycles. The van der Waals surface area contributed by atoms with E-state index in [0.29, 0.717) is 5.82 Å². The van der Waals surface area contributed by atoms with Crippen LogP contribution in [0.1, 0.15) is 26.7 Å². The minimum absolute atomic E-state index is 0.0438. The summed E-state index contributed by atoms with van der Waals surface area (Å²) in [7, 11) is 0. The molecule has 0 aliphatic rings. The number of carboxylic acids is 1. The van der Waals surface area contributed by atoms with E-state index in [1.807, 2.05) is 0 Å². The lowest BCUT2D eigenvalue weighted by Crippen LogP contribution is -2.35. The highest BCUT2D eigenvalue weighted by Gasteiger charge is 2.16. The Labute approximate surface area is 106 Å². The fraction of sp³-hybridized carbons (Fsp3) is 0.462. The van der Waals surface area contributed by atoms with E-state index in [1.165, 1.54) is 0 Å². The van der Waals surface area contributed by atoms with Crippen LogP contribution in [0, 0.1) is 11.8 Å². The van der Waals surface area contributed by atoms with E-state index in [-0.39, 0.29) is 24.7 Å². The summed E-state index contributed by atoms with van der Waals surface area (Å²) in [4.78, 5) is 26.4. The summed E-state index contributed by atoms with van der Waals surface area (Å²) in [6.07, 6.45) is 2.00. The van der Waals surface area contributed by atoms with Crippen molar-refractivity contribution in [2.75, 3.05) is 5.32 Å². The molecule has 5 nitrogen and oxygen atoms in total. The minimum Gasteiger partial charge on any atom is -0.550 e. The van der Waals surface area contributed by atoms with Crippen LogP contribution in [0.3, 0.4) is 0 Å². The van der Waals surface area contributed by atoms with Gasteiger partial charge in [-0.1, -0.05) is 19.9 Å². The van der Waals surface area contributed by atoms with Gasteiger partial charge in [-0.3, -0.25) is 4.79 Å². The number of rotatable bonds is 6. The highest BCUT2D eigenvalue weighted by molar-refractivity contribution is 5.89. The maximum atomic E-state index is 11.6.